The Morgan fingerprint density at radius 2 is 1.62 bits per heavy atom. The molecule has 186 valence electrons. The van der Waals surface area contributed by atoms with Crippen LogP contribution in [0.1, 0.15) is 24.0 Å². The highest BCUT2D eigenvalue weighted by Gasteiger charge is 2.23. The van der Waals surface area contributed by atoms with E-state index in [0.717, 1.165) is 50.3 Å². The van der Waals surface area contributed by atoms with E-state index in [1.54, 1.807) is 0 Å². The molecule has 1 aliphatic rings. The van der Waals surface area contributed by atoms with E-state index in [1.807, 2.05) is 36.4 Å². The minimum Gasteiger partial charge on any atom is -0.489 e. The van der Waals surface area contributed by atoms with Gasteiger partial charge in [0, 0.05) is 32.7 Å². The Bertz CT molecular complexity index is 888. The second-order valence-electron chi connectivity index (χ2n) is 8.51. The van der Waals surface area contributed by atoms with Crippen molar-refractivity contribution in [1.82, 2.24) is 9.80 Å². The van der Waals surface area contributed by atoms with E-state index in [9.17, 15) is 9.59 Å². The number of benzene rings is 2. The SMILES string of the molecule is CN1CCN(CC(COc2ccccc2CCc2ccccc2)OC(=O)CCC(=O)O)CC1.Cl. The lowest BCUT2D eigenvalue weighted by molar-refractivity contribution is -0.154. The Hall–Kier alpha value is -2.61. The highest BCUT2D eigenvalue weighted by Crippen LogP contribution is 2.21. The number of rotatable bonds is 12. The van der Waals surface area contributed by atoms with Gasteiger partial charge in [-0.3, -0.25) is 14.5 Å². The lowest BCUT2D eigenvalue weighted by Crippen LogP contribution is -2.48. The van der Waals surface area contributed by atoms with E-state index < -0.39 is 18.0 Å². The quantitative estimate of drug-likeness (QED) is 0.457. The number of carbonyl (C=O) groups excluding carboxylic acids is 1. The highest BCUT2D eigenvalue weighted by atomic mass is 35.5. The number of halogens is 1. The van der Waals surface area contributed by atoms with E-state index in [0.29, 0.717) is 6.54 Å². The van der Waals surface area contributed by atoms with Crippen LogP contribution in [0.3, 0.4) is 0 Å². The third-order valence-corrected chi connectivity index (χ3v) is 5.82. The molecule has 0 aliphatic carbocycles. The van der Waals surface area contributed by atoms with Crippen molar-refractivity contribution in [2.75, 3.05) is 46.4 Å². The normalized spacial score (nSPS) is 15.2. The fraction of sp³-hybridized carbons (Fsp3) is 0.462. The summed E-state index contributed by atoms with van der Waals surface area (Å²) in [6, 6.07) is 18.3. The first-order valence-electron chi connectivity index (χ1n) is 11.6. The summed E-state index contributed by atoms with van der Waals surface area (Å²) in [7, 11) is 2.09. The molecule has 1 heterocycles. The Kier molecular flexibility index (Phi) is 11.9. The van der Waals surface area contributed by atoms with Crippen molar-refractivity contribution < 1.29 is 24.2 Å². The Morgan fingerprint density at radius 1 is 0.941 bits per heavy atom. The first-order chi connectivity index (χ1) is 16.0. The molecule has 1 atom stereocenters. The summed E-state index contributed by atoms with van der Waals surface area (Å²) in [5.74, 6) is -0.720. The lowest BCUT2D eigenvalue weighted by atomic mass is 10.0. The van der Waals surface area contributed by atoms with Crippen LogP contribution in [0.2, 0.25) is 0 Å². The van der Waals surface area contributed by atoms with Gasteiger partial charge in [0.15, 0.2) is 0 Å². The molecule has 0 aromatic heterocycles. The number of likely N-dealkylation sites (N-methyl/N-ethyl adjacent to an activating group) is 1. The molecular formula is C26H35ClN2O5. The van der Waals surface area contributed by atoms with E-state index in [2.05, 4.69) is 35.0 Å². The van der Waals surface area contributed by atoms with Crippen molar-refractivity contribution in [3.8, 4) is 5.75 Å². The second-order valence-corrected chi connectivity index (χ2v) is 8.51. The monoisotopic (exact) mass is 490 g/mol. The molecule has 0 spiro atoms. The number of carboxylic acid groups (broad SMARTS) is 1. The van der Waals surface area contributed by atoms with Gasteiger partial charge >= 0.3 is 11.9 Å². The topological polar surface area (TPSA) is 79.3 Å². The number of nitrogens with zero attached hydrogens (tertiary/aromatic N) is 2. The van der Waals surface area contributed by atoms with Gasteiger partial charge in [-0.2, -0.15) is 0 Å². The van der Waals surface area contributed by atoms with Crippen LogP contribution in [-0.2, 0) is 27.2 Å². The van der Waals surface area contributed by atoms with Crippen molar-refractivity contribution >= 4 is 24.3 Å². The smallest absolute Gasteiger partial charge is 0.306 e. The largest absolute Gasteiger partial charge is 0.489 e. The number of ether oxygens (including phenoxy) is 2. The molecule has 1 N–H and O–H groups in total. The maximum atomic E-state index is 12.2. The standard InChI is InChI=1S/C26H34N2O5.ClH/c1-27-15-17-28(18-16-27)19-23(33-26(31)14-13-25(29)30)20-32-24-10-6-5-9-22(24)12-11-21-7-3-2-4-8-21;/h2-10,23H,11-20H2,1H3,(H,29,30);1H. The van der Waals surface area contributed by atoms with Gasteiger partial charge in [0.2, 0.25) is 0 Å². The minimum absolute atomic E-state index is 0. The molecule has 1 unspecified atom stereocenters. The molecule has 2 aromatic carbocycles. The third-order valence-electron chi connectivity index (χ3n) is 5.82. The molecule has 7 nitrogen and oxygen atoms in total. The summed E-state index contributed by atoms with van der Waals surface area (Å²) in [6.45, 7) is 4.51. The van der Waals surface area contributed by atoms with Gasteiger partial charge < -0.3 is 19.5 Å². The summed E-state index contributed by atoms with van der Waals surface area (Å²) < 4.78 is 11.8. The number of piperazine rings is 1. The van der Waals surface area contributed by atoms with Crippen molar-refractivity contribution in [2.45, 2.75) is 31.8 Å². The van der Waals surface area contributed by atoms with Gasteiger partial charge in [-0.05, 0) is 37.1 Å². The average Bonchev–Trinajstić information content (AvgIpc) is 2.82. The zero-order valence-electron chi connectivity index (χ0n) is 19.7. The number of hydrogen-bond donors (Lipinski definition) is 1. The predicted octanol–water partition coefficient (Wildman–Crippen LogP) is 3.30. The number of carbonyl (C=O) groups is 2. The number of aliphatic carboxylic acids is 1. The summed E-state index contributed by atoms with van der Waals surface area (Å²) in [5.41, 5.74) is 2.38. The van der Waals surface area contributed by atoms with Gasteiger partial charge in [-0.1, -0.05) is 48.5 Å². The van der Waals surface area contributed by atoms with Crippen LogP contribution in [-0.4, -0.2) is 79.3 Å². The van der Waals surface area contributed by atoms with Crippen molar-refractivity contribution in [3.63, 3.8) is 0 Å². The van der Waals surface area contributed by atoms with Gasteiger partial charge in [-0.25, -0.2) is 0 Å². The predicted molar refractivity (Wildman–Crippen MR) is 134 cm³/mol. The second kappa shape index (κ2) is 14.6. The maximum Gasteiger partial charge on any atom is 0.306 e. The minimum atomic E-state index is -1.01. The van der Waals surface area contributed by atoms with Crippen molar-refractivity contribution in [3.05, 3.63) is 65.7 Å². The molecule has 0 saturated carbocycles. The summed E-state index contributed by atoms with van der Waals surface area (Å²) in [4.78, 5) is 27.6. The van der Waals surface area contributed by atoms with E-state index in [4.69, 9.17) is 14.6 Å². The number of hydrogen-bond acceptors (Lipinski definition) is 6. The van der Waals surface area contributed by atoms with Crippen LogP contribution in [0.4, 0.5) is 0 Å². The Morgan fingerprint density at radius 3 is 2.32 bits per heavy atom. The van der Waals surface area contributed by atoms with Crippen molar-refractivity contribution in [1.29, 1.82) is 0 Å². The average molecular weight is 491 g/mol. The number of para-hydroxylation sites is 1. The summed E-state index contributed by atoms with van der Waals surface area (Å²) >= 11 is 0. The van der Waals surface area contributed by atoms with Crippen LogP contribution >= 0.6 is 12.4 Å². The molecule has 0 bridgehead atoms. The molecule has 2 aromatic rings. The van der Waals surface area contributed by atoms with Crippen LogP contribution < -0.4 is 4.74 Å². The Balaban J connectivity index is 0.00000408. The Labute approximate surface area is 208 Å². The van der Waals surface area contributed by atoms with Gasteiger partial charge in [-0.15, -0.1) is 12.4 Å². The van der Waals surface area contributed by atoms with Crippen LogP contribution in [0.25, 0.3) is 0 Å². The van der Waals surface area contributed by atoms with Crippen molar-refractivity contribution in [2.24, 2.45) is 0 Å². The molecule has 1 fully saturated rings. The molecule has 0 radical (unpaired) electrons. The third kappa shape index (κ3) is 9.71. The van der Waals surface area contributed by atoms with Crippen LogP contribution in [0.5, 0.6) is 5.75 Å². The zero-order valence-corrected chi connectivity index (χ0v) is 20.5. The molecule has 3 rings (SSSR count). The zero-order chi connectivity index (χ0) is 23.5. The van der Waals surface area contributed by atoms with Gasteiger partial charge in [0.1, 0.15) is 18.5 Å². The number of esters is 1. The molecule has 8 heteroatoms. The summed E-state index contributed by atoms with van der Waals surface area (Å²) in [5, 5.41) is 8.85. The van der Waals surface area contributed by atoms with Crippen LogP contribution in [0.15, 0.2) is 54.6 Å². The first-order valence-corrected chi connectivity index (χ1v) is 11.6. The molecule has 1 aliphatic heterocycles. The van der Waals surface area contributed by atoms with E-state index in [-0.39, 0.29) is 31.9 Å². The lowest BCUT2D eigenvalue weighted by Gasteiger charge is -2.34. The fourth-order valence-corrected chi connectivity index (χ4v) is 3.85. The number of carboxylic acids is 1. The first kappa shape index (κ1) is 27.6. The molecule has 0 amide bonds. The number of aryl methyl sites for hydroxylation is 2. The van der Waals surface area contributed by atoms with Crippen LogP contribution in [0, 0.1) is 0 Å². The molecule has 34 heavy (non-hydrogen) atoms. The highest BCUT2D eigenvalue weighted by molar-refractivity contribution is 5.85. The molecule has 1 saturated heterocycles. The maximum absolute atomic E-state index is 12.2. The fourth-order valence-electron chi connectivity index (χ4n) is 3.85. The summed E-state index contributed by atoms with van der Waals surface area (Å²) in [6.07, 6.45) is 0.931. The van der Waals surface area contributed by atoms with Gasteiger partial charge in [0.05, 0.1) is 12.8 Å². The molecular weight excluding hydrogens is 456 g/mol. The van der Waals surface area contributed by atoms with Gasteiger partial charge in [0.25, 0.3) is 0 Å². The van der Waals surface area contributed by atoms with E-state index >= 15 is 0 Å². The van der Waals surface area contributed by atoms with E-state index in [1.165, 1.54) is 5.56 Å².